The van der Waals surface area contributed by atoms with Gasteiger partial charge in [0, 0.05) is 24.7 Å². The summed E-state index contributed by atoms with van der Waals surface area (Å²) in [6.45, 7) is 4.38. The molecule has 4 rings (SSSR count). The Morgan fingerprint density at radius 2 is 1.51 bits per heavy atom. The average Bonchev–Trinajstić information content (AvgIpc) is 2.92. The summed E-state index contributed by atoms with van der Waals surface area (Å²) >= 11 is 0. The van der Waals surface area contributed by atoms with Gasteiger partial charge in [-0.15, -0.1) is 0 Å². The Labute approximate surface area is 218 Å². The lowest BCUT2D eigenvalue weighted by molar-refractivity contribution is -0.150. The van der Waals surface area contributed by atoms with Crippen LogP contribution in [-0.4, -0.2) is 23.2 Å². The zero-order valence-electron chi connectivity index (χ0n) is 21.4. The smallest absolute Gasteiger partial charge is 0.347 e. The lowest BCUT2D eigenvalue weighted by atomic mass is 9.86. The molecule has 0 radical (unpaired) electrons. The molecule has 0 saturated carbocycles. The minimum absolute atomic E-state index is 0.0102. The quantitative estimate of drug-likeness (QED) is 0.240. The fraction of sp³-hybridized carbons (Fsp3) is 0.250. The highest BCUT2D eigenvalue weighted by Gasteiger charge is 2.18. The minimum Gasteiger partial charge on any atom is -0.479 e. The van der Waals surface area contributed by atoms with Crippen LogP contribution in [0, 0.1) is 0 Å². The second-order valence-corrected chi connectivity index (χ2v) is 9.01. The number of ether oxygens (including phenoxy) is 2. The molecule has 1 atom stereocenters. The third kappa shape index (κ3) is 6.98. The van der Waals surface area contributed by atoms with Crippen molar-refractivity contribution in [3.63, 3.8) is 0 Å². The maximum absolute atomic E-state index is 12.7. The molecule has 0 amide bonds. The summed E-state index contributed by atoms with van der Waals surface area (Å²) in [4.78, 5) is 24.6. The zero-order chi connectivity index (χ0) is 26.0. The van der Waals surface area contributed by atoms with Crippen molar-refractivity contribution in [2.75, 3.05) is 6.61 Å². The minimum atomic E-state index is -0.668. The number of benzene rings is 3. The van der Waals surface area contributed by atoms with Crippen molar-refractivity contribution in [1.82, 2.24) is 4.57 Å². The number of carbonyl (C=O) groups is 1. The van der Waals surface area contributed by atoms with Crippen molar-refractivity contribution in [2.24, 2.45) is 0 Å². The Morgan fingerprint density at radius 3 is 2.16 bits per heavy atom. The summed E-state index contributed by atoms with van der Waals surface area (Å²) < 4.78 is 12.6. The molecule has 5 heteroatoms. The normalized spacial score (nSPS) is 11.8. The highest BCUT2D eigenvalue weighted by Crippen LogP contribution is 2.31. The van der Waals surface area contributed by atoms with Gasteiger partial charge in [-0.2, -0.15) is 0 Å². The van der Waals surface area contributed by atoms with Crippen LogP contribution in [0.2, 0.25) is 0 Å². The van der Waals surface area contributed by atoms with E-state index in [4.69, 9.17) is 9.47 Å². The summed E-state index contributed by atoms with van der Waals surface area (Å²) in [6, 6.07) is 32.1. The number of carbonyl (C=O) groups excluding carboxylic acids is 1. The second kappa shape index (κ2) is 12.7. The number of aromatic nitrogens is 1. The van der Waals surface area contributed by atoms with E-state index in [1.807, 2.05) is 72.9 Å². The number of esters is 1. The Balaban J connectivity index is 1.47. The van der Waals surface area contributed by atoms with Crippen LogP contribution in [0.25, 0.3) is 0 Å². The van der Waals surface area contributed by atoms with Crippen LogP contribution in [0.15, 0.2) is 108 Å². The van der Waals surface area contributed by atoms with E-state index in [0.29, 0.717) is 18.9 Å². The average molecular weight is 496 g/mol. The molecule has 0 spiro atoms. The molecule has 190 valence electrons. The van der Waals surface area contributed by atoms with Crippen molar-refractivity contribution < 1.29 is 14.3 Å². The number of aryl methyl sites for hydroxylation is 2. The van der Waals surface area contributed by atoms with Gasteiger partial charge in [0.05, 0.1) is 6.61 Å². The summed E-state index contributed by atoms with van der Waals surface area (Å²) in [7, 11) is 0. The van der Waals surface area contributed by atoms with Gasteiger partial charge in [0.1, 0.15) is 5.75 Å². The van der Waals surface area contributed by atoms with Crippen LogP contribution in [0.3, 0.4) is 0 Å². The van der Waals surface area contributed by atoms with Crippen LogP contribution in [0.4, 0.5) is 0 Å². The number of pyridine rings is 1. The number of hydrogen-bond donors (Lipinski definition) is 0. The monoisotopic (exact) mass is 495 g/mol. The van der Waals surface area contributed by atoms with Gasteiger partial charge in [0.25, 0.3) is 5.56 Å². The van der Waals surface area contributed by atoms with Crippen molar-refractivity contribution in [2.45, 2.75) is 45.3 Å². The predicted octanol–water partition coefficient (Wildman–Crippen LogP) is 5.99. The Hall–Kier alpha value is -4.12. The molecule has 4 aromatic rings. The van der Waals surface area contributed by atoms with E-state index in [1.54, 1.807) is 24.5 Å². The standard InChI is InChI=1S/C32H33NO4/c1-3-36-32(35)24(2)37-29-18-10-12-25(22-29)13-11-21-33-23-28(19-20-30(33)34)31(26-14-6-4-7-15-26)27-16-8-5-9-17-27/h4-10,12,14-20,22-24,31H,3,11,13,21H2,1-2H3. The molecule has 5 nitrogen and oxygen atoms in total. The van der Waals surface area contributed by atoms with Crippen LogP contribution in [0.1, 0.15) is 48.4 Å². The largest absolute Gasteiger partial charge is 0.479 e. The number of nitrogens with zero attached hydrogens (tertiary/aromatic N) is 1. The summed E-state index contributed by atoms with van der Waals surface area (Å²) in [6.07, 6.45) is 2.90. The van der Waals surface area contributed by atoms with Gasteiger partial charge in [0.15, 0.2) is 6.10 Å². The molecule has 0 aliphatic carbocycles. The number of rotatable bonds is 11. The van der Waals surface area contributed by atoms with E-state index in [1.165, 1.54) is 11.1 Å². The molecule has 1 heterocycles. The molecule has 37 heavy (non-hydrogen) atoms. The Bertz CT molecular complexity index is 1310. The Kier molecular flexibility index (Phi) is 8.93. The highest BCUT2D eigenvalue weighted by molar-refractivity contribution is 5.74. The predicted molar refractivity (Wildman–Crippen MR) is 146 cm³/mol. The fourth-order valence-corrected chi connectivity index (χ4v) is 4.50. The maximum atomic E-state index is 12.7. The van der Waals surface area contributed by atoms with Crippen LogP contribution in [0.5, 0.6) is 5.75 Å². The van der Waals surface area contributed by atoms with Gasteiger partial charge in [-0.1, -0.05) is 78.9 Å². The molecule has 1 aromatic heterocycles. The first-order valence-electron chi connectivity index (χ1n) is 12.8. The topological polar surface area (TPSA) is 57.5 Å². The van der Waals surface area contributed by atoms with E-state index in [-0.39, 0.29) is 17.4 Å². The van der Waals surface area contributed by atoms with Crippen molar-refractivity contribution >= 4 is 5.97 Å². The summed E-state index contributed by atoms with van der Waals surface area (Å²) in [5, 5.41) is 0. The zero-order valence-corrected chi connectivity index (χ0v) is 21.4. The SMILES string of the molecule is CCOC(=O)C(C)Oc1cccc(CCCn2cc(C(c3ccccc3)c3ccccc3)ccc2=O)c1. The van der Waals surface area contributed by atoms with Gasteiger partial charge in [-0.3, -0.25) is 4.79 Å². The molecule has 0 aliphatic rings. The van der Waals surface area contributed by atoms with E-state index < -0.39 is 6.10 Å². The van der Waals surface area contributed by atoms with Crippen LogP contribution < -0.4 is 10.3 Å². The first kappa shape index (κ1) is 26.0. The fourth-order valence-electron chi connectivity index (χ4n) is 4.50. The van der Waals surface area contributed by atoms with Crippen LogP contribution in [-0.2, 0) is 22.5 Å². The van der Waals surface area contributed by atoms with Gasteiger partial charge < -0.3 is 14.0 Å². The molecule has 0 N–H and O–H groups in total. The Morgan fingerprint density at radius 1 is 0.838 bits per heavy atom. The molecule has 0 fully saturated rings. The first-order valence-corrected chi connectivity index (χ1v) is 12.8. The second-order valence-electron chi connectivity index (χ2n) is 9.01. The lowest BCUT2D eigenvalue weighted by Crippen LogP contribution is -2.26. The van der Waals surface area contributed by atoms with E-state index in [0.717, 1.165) is 24.0 Å². The van der Waals surface area contributed by atoms with E-state index in [2.05, 4.69) is 24.3 Å². The molecule has 1 unspecified atom stereocenters. The molecular weight excluding hydrogens is 462 g/mol. The lowest BCUT2D eigenvalue weighted by Gasteiger charge is -2.20. The highest BCUT2D eigenvalue weighted by atomic mass is 16.6. The van der Waals surface area contributed by atoms with Gasteiger partial charge >= 0.3 is 5.97 Å². The number of hydrogen-bond acceptors (Lipinski definition) is 4. The molecule has 0 saturated heterocycles. The van der Waals surface area contributed by atoms with Crippen molar-refractivity contribution in [3.8, 4) is 5.75 Å². The maximum Gasteiger partial charge on any atom is 0.347 e. The molecule has 3 aromatic carbocycles. The van der Waals surface area contributed by atoms with Gasteiger partial charge in [-0.25, -0.2) is 4.79 Å². The summed E-state index contributed by atoms with van der Waals surface area (Å²) in [5.74, 6) is 0.298. The summed E-state index contributed by atoms with van der Waals surface area (Å²) in [5.41, 5.74) is 4.54. The molecular formula is C32H33NO4. The van der Waals surface area contributed by atoms with Gasteiger partial charge in [0.2, 0.25) is 0 Å². The van der Waals surface area contributed by atoms with Crippen molar-refractivity contribution in [1.29, 1.82) is 0 Å². The third-order valence-corrected chi connectivity index (χ3v) is 6.30. The molecule has 0 bridgehead atoms. The third-order valence-electron chi connectivity index (χ3n) is 6.30. The first-order chi connectivity index (χ1) is 18.0. The van der Waals surface area contributed by atoms with E-state index >= 15 is 0 Å². The van der Waals surface area contributed by atoms with Gasteiger partial charge in [-0.05, 0) is 61.1 Å². The van der Waals surface area contributed by atoms with Crippen LogP contribution >= 0.6 is 0 Å². The van der Waals surface area contributed by atoms with E-state index in [9.17, 15) is 9.59 Å². The molecule has 0 aliphatic heterocycles. The van der Waals surface area contributed by atoms with Crippen molar-refractivity contribution in [3.05, 3.63) is 136 Å².